The van der Waals surface area contributed by atoms with E-state index in [1.54, 1.807) is 12.1 Å². The smallest absolute Gasteiger partial charge is 0.214 e. The van der Waals surface area contributed by atoms with Gasteiger partial charge in [-0.05, 0) is 41.5 Å². The number of aromatic nitrogens is 4. The van der Waals surface area contributed by atoms with E-state index in [9.17, 15) is 4.39 Å². The number of quaternary nitrogens is 2. The molecule has 1 aliphatic carbocycles. The highest BCUT2D eigenvalue weighted by molar-refractivity contribution is 5.24. The number of tetrazole rings is 1. The van der Waals surface area contributed by atoms with Gasteiger partial charge in [0.15, 0.2) is 6.04 Å². The van der Waals surface area contributed by atoms with Gasteiger partial charge >= 0.3 is 0 Å². The molecule has 4 rings (SSSR count). The Balaban J connectivity index is 1.67. The van der Waals surface area contributed by atoms with Gasteiger partial charge in [0.05, 0.1) is 18.2 Å². The van der Waals surface area contributed by atoms with Crippen molar-refractivity contribution >= 4 is 0 Å². The molecular formula is C20H29FN6+2. The first-order valence-electron chi connectivity index (χ1n) is 10.1. The summed E-state index contributed by atoms with van der Waals surface area (Å²) in [7, 11) is 0. The molecule has 1 saturated carbocycles. The highest BCUT2D eigenvalue weighted by Crippen LogP contribution is 2.31. The van der Waals surface area contributed by atoms with Crippen LogP contribution < -0.4 is 9.80 Å². The number of hydrogen-bond donors (Lipinski definition) is 2. The number of halogens is 1. The third-order valence-electron chi connectivity index (χ3n) is 6.10. The third-order valence-corrected chi connectivity index (χ3v) is 6.10. The summed E-state index contributed by atoms with van der Waals surface area (Å²) in [6.07, 6.45) is 6.62. The molecule has 1 aromatic heterocycles. The average molecular weight is 372 g/mol. The first kappa shape index (κ1) is 18.3. The molecule has 0 amide bonds. The maximum absolute atomic E-state index is 14.8. The zero-order valence-electron chi connectivity index (χ0n) is 15.8. The Morgan fingerprint density at radius 2 is 1.93 bits per heavy atom. The minimum atomic E-state index is -0.170. The lowest BCUT2D eigenvalue weighted by Gasteiger charge is -2.34. The van der Waals surface area contributed by atoms with Gasteiger partial charge in [-0.1, -0.05) is 31.6 Å². The summed E-state index contributed by atoms with van der Waals surface area (Å²) in [5.74, 6) is 0.644. The maximum Gasteiger partial charge on any atom is 0.214 e. The summed E-state index contributed by atoms with van der Waals surface area (Å²) < 4.78 is 16.8. The Hall–Kier alpha value is -2.12. The van der Waals surface area contributed by atoms with Crippen molar-refractivity contribution in [2.75, 3.05) is 32.7 Å². The van der Waals surface area contributed by atoms with E-state index in [-0.39, 0.29) is 11.9 Å². The van der Waals surface area contributed by atoms with E-state index in [2.05, 4.69) is 22.1 Å². The zero-order valence-corrected chi connectivity index (χ0v) is 15.8. The fraction of sp³-hybridized carbons (Fsp3) is 0.550. The molecule has 0 spiro atoms. The molecule has 1 saturated heterocycles. The van der Waals surface area contributed by atoms with Crippen molar-refractivity contribution in [3.05, 3.63) is 54.1 Å². The minimum absolute atomic E-state index is 0.160. The van der Waals surface area contributed by atoms with Crippen LogP contribution in [0.4, 0.5) is 4.39 Å². The molecule has 0 unspecified atom stereocenters. The van der Waals surface area contributed by atoms with E-state index in [1.807, 2.05) is 22.9 Å². The van der Waals surface area contributed by atoms with E-state index >= 15 is 0 Å². The van der Waals surface area contributed by atoms with Crippen LogP contribution in [-0.4, -0.2) is 52.9 Å². The van der Waals surface area contributed by atoms with Crippen LogP contribution in [0.25, 0.3) is 0 Å². The van der Waals surface area contributed by atoms with Crippen LogP contribution >= 0.6 is 0 Å². The molecule has 7 heteroatoms. The minimum Gasteiger partial charge on any atom is -0.322 e. The molecule has 1 atom stereocenters. The fourth-order valence-corrected chi connectivity index (χ4v) is 4.67. The highest BCUT2D eigenvalue weighted by atomic mass is 19.1. The fourth-order valence-electron chi connectivity index (χ4n) is 4.67. The van der Waals surface area contributed by atoms with Gasteiger partial charge in [-0.15, -0.1) is 5.10 Å². The first-order chi connectivity index (χ1) is 13.3. The van der Waals surface area contributed by atoms with Crippen molar-refractivity contribution in [3.63, 3.8) is 0 Å². The van der Waals surface area contributed by atoms with Crippen LogP contribution in [-0.2, 0) is 0 Å². The molecule has 2 aromatic rings. The molecule has 27 heavy (non-hydrogen) atoms. The van der Waals surface area contributed by atoms with Crippen LogP contribution in [0.5, 0.6) is 0 Å². The van der Waals surface area contributed by atoms with Crippen molar-refractivity contribution in [3.8, 4) is 0 Å². The second kappa shape index (κ2) is 8.27. The van der Waals surface area contributed by atoms with Crippen LogP contribution in [0.3, 0.4) is 0 Å². The number of piperazine rings is 1. The Morgan fingerprint density at radius 1 is 1.19 bits per heavy atom. The van der Waals surface area contributed by atoms with E-state index < -0.39 is 0 Å². The van der Waals surface area contributed by atoms with Gasteiger partial charge in [-0.2, -0.15) is 0 Å². The second-order valence-corrected chi connectivity index (χ2v) is 7.78. The van der Waals surface area contributed by atoms with Crippen molar-refractivity contribution in [1.29, 1.82) is 0 Å². The van der Waals surface area contributed by atoms with Gasteiger partial charge in [0.25, 0.3) is 0 Å². The Bertz CT molecular complexity index is 761. The molecule has 2 heterocycles. The number of hydrogen-bond acceptors (Lipinski definition) is 3. The average Bonchev–Trinajstić information content (AvgIpc) is 3.37. The van der Waals surface area contributed by atoms with Gasteiger partial charge in [0.1, 0.15) is 32.0 Å². The highest BCUT2D eigenvalue weighted by Gasteiger charge is 2.38. The van der Waals surface area contributed by atoms with Gasteiger partial charge in [0.2, 0.25) is 5.82 Å². The van der Waals surface area contributed by atoms with Crippen molar-refractivity contribution in [2.24, 2.45) is 0 Å². The maximum atomic E-state index is 14.8. The number of benzene rings is 1. The SMILES string of the molecule is C=CC[NH+]1CC[NH+]([C@H](c2ccccc2F)c2nnnn2C2CCCC2)CC1. The Labute approximate surface area is 159 Å². The number of rotatable bonds is 6. The molecule has 6 nitrogen and oxygen atoms in total. The van der Waals surface area contributed by atoms with Crippen LogP contribution in [0.2, 0.25) is 0 Å². The summed E-state index contributed by atoms with van der Waals surface area (Å²) in [5, 5.41) is 12.7. The third kappa shape index (κ3) is 3.80. The Morgan fingerprint density at radius 3 is 2.63 bits per heavy atom. The van der Waals surface area contributed by atoms with E-state index in [0.29, 0.717) is 11.6 Å². The molecular weight excluding hydrogens is 343 g/mol. The molecule has 2 N–H and O–H groups in total. The molecule has 144 valence electrons. The molecule has 2 aliphatic rings. The molecule has 1 aromatic carbocycles. The van der Waals surface area contributed by atoms with E-state index in [0.717, 1.165) is 51.4 Å². The number of nitrogens with one attached hydrogen (secondary N) is 2. The quantitative estimate of drug-likeness (QED) is 0.701. The van der Waals surface area contributed by atoms with Crippen molar-refractivity contribution < 1.29 is 14.2 Å². The topological polar surface area (TPSA) is 52.5 Å². The standard InChI is InChI=1S/C20H27FN6/c1-2-11-25-12-14-26(15-13-25)19(17-9-5-6-10-18(17)21)20-22-23-24-27(20)16-7-3-4-8-16/h2,5-6,9-10,16,19H,1,3-4,7-8,11-15H2/p+2/t19-/m1/s1. The largest absolute Gasteiger partial charge is 0.322 e. The van der Waals surface area contributed by atoms with E-state index in [4.69, 9.17) is 0 Å². The monoisotopic (exact) mass is 372 g/mol. The van der Waals surface area contributed by atoms with Crippen LogP contribution in [0, 0.1) is 5.82 Å². The van der Waals surface area contributed by atoms with Gasteiger partial charge in [-0.3, -0.25) is 0 Å². The van der Waals surface area contributed by atoms with Crippen molar-refractivity contribution in [1.82, 2.24) is 20.2 Å². The lowest BCUT2D eigenvalue weighted by molar-refractivity contribution is -1.02. The summed E-state index contributed by atoms with van der Waals surface area (Å²) >= 11 is 0. The van der Waals surface area contributed by atoms with Crippen LogP contribution in [0.15, 0.2) is 36.9 Å². The van der Waals surface area contributed by atoms with Crippen molar-refractivity contribution in [2.45, 2.75) is 37.8 Å². The molecule has 0 bridgehead atoms. The molecule has 1 aliphatic heterocycles. The normalized spacial score (nSPS) is 24.8. The summed E-state index contributed by atoms with van der Waals surface area (Å²) in [6, 6.07) is 7.28. The second-order valence-electron chi connectivity index (χ2n) is 7.78. The van der Waals surface area contributed by atoms with Gasteiger partial charge in [-0.25, -0.2) is 9.07 Å². The van der Waals surface area contributed by atoms with Crippen LogP contribution in [0.1, 0.15) is 49.2 Å². The van der Waals surface area contributed by atoms with E-state index in [1.165, 1.54) is 22.6 Å². The first-order valence-corrected chi connectivity index (χ1v) is 10.1. The summed E-state index contributed by atoms with van der Waals surface area (Å²) in [5.41, 5.74) is 0.703. The van der Waals surface area contributed by atoms with Gasteiger partial charge in [0, 0.05) is 0 Å². The Kier molecular flexibility index (Phi) is 5.59. The lowest BCUT2D eigenvalue weighted by Crippen LogP contribution is -3.28. The molecule has 2 fully saturated rings. The zero-order chi connectivity index (χ0) is 18.6. The summed E-state index contributed by atoms with van der Waals surface area (Å²) in [4.78, 5) is 2.89. The molecule has 0 radical (unpaired) electrons. The number of nitrogens with zero attached hydrogens (tertiary/aromatic N) is 4. The van der Waals surface area contributed by atoms with Gasteiger partial charge < -0.3 is 9.80 Å². The predicted molar refractivity (Wildman–Crippen MR) is 100 cm³/mol. The predicted octanol–water partition coefficient (Wildman–Crippen LogP) is -0.0139. The summed E-state index contributed by atoms with van der Waals surface area (Å²) in [6.45, 7) is 8.89. The lowest BCUT2D eigenvalue weighted by atomic mass is 10.0.